The van der Waals surface area contributed by atoms with Crippen LogP contribution in [0.1, 0.15) is 20.8 Å². The van der Waals surface area contributed by atoms with Gasteiger partial charge in [-0.2, -0.15) is 0 Å². The topological polar surface area (TPSA) is 150 Å². The zero-order valence-electron chi connectivity index (χ0n) is 24.2. The van der Waals surface area contributed by atoms with Crippen LogP contribution in [0.5, 0.6) is 23.0 Å². The van der Waals surface area contributed by atoms with Crippen molar-refractivity contribution in [3.8, 4) is 23.0 Å². The lowest BCUT2D eigenvalue weighted by Crippen LogP contribution is -2.38. The monoisotopic (exact) mass is 621 g/mol. The van der Waals surface area contributed by atoms with Gasteiger partial charge in [-0.3, -0.25) is 9.10 Å². The first-order valence-electron chi connectivity index (χ1n) is 12.8. The number of hydrogen-bond donors (Lipinski definition) is 2. The normalized spacial score (nSPS) is 11.6. The zero-order chi connectivity index (χ0) is 31.1. The Hall–Kier alpha value is -4.01. The van der Waals surface area contributed by atoms with E-state index in [2.05, 4.69) is 10.0 Å². The van der Waals surface area contributed by atoms with Crippen molar-refractivity contribution in [3.05, 3.63) is 60.7 Å². The first-order valence-corrected chi connectivity index (χ1v) is 15.8. The molecule has 0 fully saturated rings. The number of rotatable bonds is 14. The fourth-order valence-electron chi connectivity index (χ4n) is 3.95. The van der Waals surface area contributed by atoms with Crippen molar-refractivity contribution in [2.45, 2.75) is 36.6 Å². The Balaban J connectivity index is 2.02. The summed E-state index contributed by atoms with van der Waals surface area (Å²) in [4.78, 5) is 13.1. The molecular formula is C28H35N3O9S2. The maximum Gasteiger partial charge on any atom is 0.264 e. The van der Waals surface area contributed by atoms with E-state index in [-0.39, 0.29) is 38.7 Å². The minimum Gasteiger partial charge on any atom is -0.495 e. The van der Waals surface area contributed by atoms with Crippen LogP contribution in [0.2, 0.25) is 0 Å². The van der Waals surface area contributed by atoms with Gasteiger partial charge in [0, 0.05) is 12.1 Å². The smallest absolute Gasteiger partial charge is 0.264 e. The van der Waals surface area contributed by atoms with Crippen molar-refractivity contribution in [2.24, 2.45) is 0 Å². The minimum absolute atomic E-state index is 0.0456. The van der Waals surface area contributed by atoms with Crippen LogP contribution in [0, 0.1) is 0 Å². The fourth-order valence-corrected chi connectivity index (χ4v) is 6.66. The third-order valence-electron chi connectivity index (χ3n) is 5.81. The summed E-state index contributed by atoms with van der Waals surface area (Å²) in [6.45, 7) is 4.93. The number of ether oxygens (including phenoxy) is 4. The van der Waals surface area contributed by atoms with Crippen molar-refractivity contribution in [1.82, 2.24) is 4.72 Å². The van der Waals surface area contributed by atoms with Crippen LogP contribution < -0.4 is 33.3 Å². The molecule has 3 rings (SSSR count). The maximum atomic E-state index is 13.9. The molecule has 0 aliphatic heterocycles. The van der Waals surface area contributed by atoms with E-state index in [1.807, 2.05) is 6.92 Å². The number of anilines is 2. The van der Waals surface area contributed by atoms with Crippen molar-refractivity contribution < 1.29 is 40.6 Å². The first-order chi connectivity index (χ1) is 19.9. The Morgan fingerprint density at radius 1 is 0.810 bits per heavy atom. The van der Waals surface area contributed by atoms with Gasteiger partial charge in [-0.05, 0) is 75.4 Å². The molecular weight excluding hydrogens is 586 g/mol. The third-order valence-corrected chi connectivity index (χ3v) is 9.24. The Labute approximate surface area is 246 Å². The molecule has 0 spiro atoms. The summed E-state index contributed by atoms with van der Waals surface area (Å²) in [7, 11) is -4.05. The number of carbonyl (C=O) groups excluding carboxylic acids is 1. The van der Waals surface area contributed by atoms with E-state index in [1.165, 1.54) is 69.9 Å². The molecule has 3 aromatic rings. The molecule has 0 aliphatic carbocycles. The second-order valence-electron chi connectivity index (χ2n) is 9.14. The van der Waals surface area contributed by atoms with E-state index in [9.17, 15) is 21.6 Å². The van der Waals surface area contributed by atoms with Gasteiger partial charge in [-0.15, -0.1) is 0 Å². The van der Waals surface area contributed by atoms with Gasteiger partial charge in [-0.1, -0.05) is 0 Å². The quantitative estimate of drug-likeness (QED) is 0.275. The minimum atomic E-state index is -4.33. The fraction of sp³-hybridized carbons (Fsp3) is 0.321. The van der Waals surface area contributed by atoms with E-state index in [4.69, 9.17) is 18.9 Å². The predicted molar refractivity (Wildman–Crippen MR) is 159 cm³/mol. The molecule has 14 heteroatoms. The average Bonchev–Trinajstić information content (AvgIpc) is 2.95. The number of methoxy groups -OCH3 is 3. The Morgan fingerprint density at radius 3 is 1.98 bits per heavy atom. The molecule has 0 heterocycles. The highest BCUT2D eigenvalue weighted by Gasteiger charge is 2.29. The molecule has 0 saturated carbocycles. The van der Waals surface area contributed by atoms with Crippen molar-refractivity contribution >= 4 is 37.3 Å². The van der Waals surface area contributed by atoms with Gasteiger partial charge < -0.3 is 24.3 Å². The number of hydrogen-bond acceptors (Lipinski definition) is 9. The van der Waals surface area contributed by atoms with E-state index in [1.54, 1.807) is 26.0 Å². The molecule has 228 valence electrons. The number of nitrogens with zero attached hydrogens (tertiary/aromatic N) is 1. The van der Waals surface area contributed by atoms with E-state index in [0.29, 0.717) is 18.1 Å². The lowest BCUT2D eigenvalue weighted by atomic mass is 10.2. The Morgan fingerprint density at radius 2 is 1.40 bits per heavy atom. The summed E-state index contributed by atoms with van der Waals surface area (Å²) in [5, 5.41) is 2.59. The van der Waals surface area contributed by atoms with Crippen LogP contribution in [0.4, 0.5) is 11.4 Å². The summed E-state index contributed by atoms with van der Waals surface area (Å²) in [6, 6.07) is 13.9. The van der Waals surface area contributed by atoms with Crippen molar-refractivity contribution in [3.63, 3.8) is 0 Å². The highest BCUT2D eigenvalue weighted by atomic mass is 32.2. The van der Waals surface area contributed by atoms with Gasteiger partial charge in [0.25, 0.3) is 10.0 Å². The molecule has 0 aliphatic rings. The number of amides is 1. The molecule has 0 unspecified atom stereocenters. The van der Waals surface area contributed by atoms with Gasteiger partial charge >= 0.3 is 0 Å². The molecule has 3 aromatic carbocycles. The summed E-state index contributed by atoms with van der Waals surface area (Å²) >= 11 is 0. The van der Waals surface area contributed by atoms with E-state index in [0.717, 1.165) is 4.31 Å². The summed E-state index contributed by atoms with van der Waals surface area (Å²) < 4.78 is 77.9. The number of sulfonamides is 2. The van der Waals surface area contributed by atoms with Gasteiger partial charge in [0.2, 0.25) is 15.9 Å². The van der Waals surface area contributed by atoms with Crippen molar-refractivity contribution in [1.29, 1.82) is 0 Å². The van der Waals surface area contributed by atoms with E-state index >= 15 is 0 Å². The van der Waals surface area contributed by atoms with Crippen LogP contribution in [0.25, 0.3) is 0 Å². The highest BCUT2D eigenvalue weighted by Crippen LogP contribution is 2.33. The van der Waals surface area contributed by atoms with Gasteiger partial charge in [0.05, 0.1) is 49.1 Å². The molecule has 0 radical (unpaired) electrons. The van der Waals surface area contributed by atoms with Gasteiger partial charge in [0.15, 0.2) is 11.5 Å². The summed E-state index contributed by atoms with van der Waals surface area (Å²) in [6.07, 6.45) is 0. The van der Waals surface area contributed by atoms with E-state index < -0.39 is 32.5 Å². The first kappa shape index (κ1) is 32.5. The third kappa shape index (κ3) is 7.63. The second kappa shape index (κ2) is 13.8. The van der Waals surface area contributed by atoms with Crippen LogP contribution in [-0.2, 0) is 24.8 Å². The molecule has 42 heavy (non-hydrogen) atoms. The lowest BCUT2D eigenvalue weighted by Gasteiger charge is -2.25. The molecule has 12 nitrogen and oxygen atoms in total. The van der Waals surface area contributed by atoms with Crippen molar-refractivity contribution in [2.75, 3.05) is 44.1 Å². The second-order valence-corrected chi connectivity index (χ2v) is 12.7. The number of nitrogens with one attached hydrogen (secondary N) is 2. The lowest BCUT2D eigenvalue weighted by molar-refractivity contribution is -0.114. The predicted octanol–water partition coefficient (Wildman–Crippen LogP) is 3.63. The Bertz CT molecular complexity index is 1610. The maximum absolute atomic E-state index is 13.9. The molecule has 2 N–H and O–H groups in total. The largest absolute Gasteiger partial charge is 0.495 e. The van der Waals surface area contributed by atoms with Gasteiger partial charge in [-0.25, -0.2) is 21.6 Å². The molecule has 0 aromatic heterocycles. The molecule has 0 bridgehead atoms. The SMILES string of the molecule is CCOc1ccc(N(CC(=O)Nc2cc(S(=O)(=O)NC(C)C)ccc2OC)S(=O)(=O)c2ccc(OC)c(OC)c2)cc1. The van der Waals surface area contributed by atoms with Crippen LogP contribution in [0.3, 0.4) is 0 Å². The molecule has 0 atom stereocenters. The van der Waals surface area contributed by atoms with Crippen LogP contribution in [0.15, 0.2) is 70.5 Å². The summed E-state index contributed by atoms with van der Waals surface area (Å²) in [5.41, 5.74) is 0.233. The standard InChI is InChI=1S/C28H35N3O9S2/c1-7-40-21-10-8-20(9-11-21)31(42(35,36)23-13-15-26(38-5)27(17-23)39-6)18-28(32)29-24-16-22(12-14-25(24)37-4)41(33,34)30-19(2)3/h8-17,19,30H,7,18H2,1-6H3,(H,29,32). The highest BCUT2D eigenvalue weighted by molar-refractivity contribution is 7.92. The van der Waals surface area contributed by atoms with Crippen LogP contribution >= 0.6 is 0 Å². The summed E-state index contributed by atoms with van der Waals surface area (Å²) in [5.74, 6) is 0.467. The van der Waals surface area contributed by atoms with Gasteiger partial charge in [0.1, 0.15) is 18.0 Å². The zero-order valence-corrected chi connectivity index (χ0v) is 25.8. The Kier molecular flexibility index (Phi) is 10.7. The average molecular weight is 622 g/mol. The number of carbonyl (C=O) groups is 1. The molecule has 0 saturated heterocycles. The van der Waals surface area contributed by atoms with Crippen LogP contribution in [-0.4, -0.2) is 63.3 Å². The molecule has 1 amide bonds. The number of benzene rings is 3.